The Labute approximate surface area is 169 Å². The summed E-state index contributed by atoms with van der Waals surface area (Å²) in [5.74, 6) is 0.719. The highest BCUT2D eigenvalue weighted by molar-refractivity contribution is 5.79. The fourth-order valence-corrected chi connectivity index (χ4v) is 4.99. The molecular weight excluding hydrogens is 344 g/mol. The Morgan fingerprint density at radius 3 is 2.57 bits per heavy atom. The first-order chi connectivity index (χ1) is 13.7. The van der Waals surface area contributed by atoms with Gasteiger partial charge in [-0.2, -0.15) is 0 Å². The maximum absolute atomic E-state index is 12.8. The highest BCUT2D eigenvalue weighted by Gasteiger charge is 2.42. The first kappa shape index (κ1) is 19.0. The average molecular weight is 377 g/mol. The molecule has 2 aliphatic heterocycles. The second-order valence-electron chi connectivity index (χ2n) is 8.42. The maximum atomic E-state index is 12.8. The van der Waals surface area contributed by atoms with Gasteiger partial charge in [0.1, 0.15) is 0 Å². The molecule has 2 aromatic rings. The van der Waals surface area contributed by atoms with Crippen LogP contribution in [0, 0.1) is 12.8 Å². The van der Waals surface area contributed by atoms with Crippen LogP contribution in [0.2, 0.25) is 0 Å². The molecule has 2 heterocycles. The Morgan fingerprint density at radius 2 is 1.86 bits per heavy atom. The summed E-state index contributed by atoms with van der Waals surface area (Å²) in [6, 6.07) is 18.0. The quantitative estimate of drug-likeness (QED) is 0.625. The van der Waals surface area contributed by atoms with Gasteiger partial charge in [-0.05, 0) is 37.0 Å². The number of nitrogens with zero attached hydrogens (tertiary/aromatic N) is 1. The zero-order valence-electron chi connectivity index (χ0n) is 17.2. The van der Waals surface area contributed by atoms with E-state index in [2.05, 4.69) is 72.6 Å². The smallest absolute Gasteiger partial charge is 0.223 e. The molecule has 148 valence electrons. The molecule has 0 radical (unpaired) electrons. The molecule has 2 aliphatic rings. The monoisotopic (exact) mass is 376 g/mol. The number of nitrogens with one attached hydrogen (secondary N) is 1. The lowest BCUT2D eigenvalue weighted by atomic mass is 9.76. The minimum Gasteiger partial charge on any atom is -0.378 e. The minimum absolute atomic E-state index is 0.176. The number of amides is 1. The number of rotatable bonds is 6. The van der Waals surface area contributed by atoms with Crippen molar-refractivity contribution in [3.63, 3.8) is 0 Å². The number of para-hydroxylation sites is 1. The number of hydrogen-bond donors (Lipinski definition) is 1. The van der Waals surface area contributed by atoms with Crippen LogP contribution in [0.5, 0.6) is 0 Å². The Hall–Kier alpha value is -2.29. The van der Waals surface area contributed by atoms with Crippen LogP contribution in [-0.4, -0.2) is 17.4 Å². The van der Waals surface area contributed by atoms with E-state index in [1.54, 1.807) is 0 Å². The third kappa shape index (κ3) is 3.67. The molecule has 0 unspecified atom stereocenters. The molecule has 0 saturated carbocycles. The van der Waals surface area contributed by atoms with E-state index in [1.807, 2.05) is 0 Å². The number of unbranched alkanes of at least 4 members (excludes halogenated alkanes) is 2. The van der Waals surface area contributed by atoms with Crippen molar-refractivity contribution in [1.29, 1.82) is 0 Å². The fraction of sp³-hybridized carbons (Fsp3) is 0.480. The third-order valence-electron chi connectivity index (χ3n) is 6.45. The van der Waals surface area contributed by atoms with Gasteiger partial charge in [0.2, 0.25) is 5.91 Å². The lowest BCUT2D eigenvalue weighted by Crippen LogP contribution is -2.42. The molecule has 0 aromatic heterocycles. The number of carbonyl (C=O) groups is 1. The van der Waals surface area contributed by atoms with Crippen molar-refractivity contribution in [2.24, 2.45) is 5.92 Å². The summed E-state index contributed by atoms with van der Waals surface area (Å²) >= 11 is 0. The summed E-state index contributed by atoms with van der Waals surface area (Å²) in [4.78, 5) is 14.9. The lowest BCUT2D eigenvalue weighted by molar-refractivity contribution is -0.131. The highest BCUT2D eigenvalue weighted by atomic mass is 16.2. The summed E-state index contributed by atoms with van der Waals surface area (Å²) in [5, 5.41) is 3.84. The molecule has 3 atom stereocenters. The summed E-state index contributed by atoms with van der Waals surface area (Å²) < 4.78 is 0. The van der Waals surface area contributed by atoms with Crippen molar-refractivity contribution in [3.8, 4) is 0 Å². The normalized spacial score (nSPS) is 24.1. The third-order valence-corrected chi connectivity index (χ3v) is 6.45. The molecule has 3 heteroatoms. The Morgan fingerprint density at radius 1 is 1.07 bits per heavy atom. The molecule has 1 saturated heterocycles. The number of fused-ring (bicyclic) bond motifs is 1. The van der Waals surface area contributed by atoms with Gasteiger partial charge in [0, 0.05) is 24.6 Å². The first-order valence-corrected chi connectivity index (χ1v) is 10.9. The van der Waals surface area contributed by atoms with Crippen LogP contribution in [-0.2, 0) is 4.79 Å². The van der Waals surface area contributed by atoms with Crippen molar-refractivity contribution in [2.75, 3.05) is 11.9 Å². The zero-order chi connectivity index (χ0) is 19.5. The van der Waals surface area contributed by atoms with Gasteiger partial charge in [-0.25, -0.2) is 0 Å². The summed E-state index contributed by atoms with van der Waals surface area (Å²) in [6.07, 6.45) is 6.51. The molecule has 3 nitrogen and oxygen atoms in total. The van der Waals surface area contributed by atoms with E-state index >= 15 is 0 Å². The number of carbonyl (C=O) groups excluding carboxylic acids is 1. The maximum Gasteiger partial charge on any atom is 0.223 e. The number of aryl methyl sites for hydroxylation is 1. The number of likely N-dealkylation sites (tertiary alicyclic amines) is 1. The van der Waals surface area contributed by atoms with Crippen LogP contribution < -0.4 is 5.32 Å². The minimum atomic E-state index is 0.176. The Balaban J connectivity index is 1.76. The topological polar surface area (TPSA) is 32.3 Å². The highest BCUT2D eigenvalue weighted by Crippen LogP contribution is 2.49. The number of benzene rings is 2. The van der Waals surface area contributed by atoms with E-state index in [1.165, 1.54) is 41.6 Å². The first-order valence-electron chi connectivity index (χ1n) is 10.9. The van der Waals surface area contributed by atoms with E-state index < -0.39 is 0 Å². The summed E-state index contributed by atoms with van der Waals surface area (Å²) in [6.45, 7) is 5.29. The molecule has 28 heavy (non-hydrogen) atoms. The largest absolute Gasteiger partial charge is 0.378 e. The van der Waals surface area contributed by atoms with Gasteiger partial charge < -0.3 is 10.2 Å². The van der Waals surface area contributed by atoms with Gasteiger partial charge in [0.05, 0.1) is 12.1 Å². The van der Waals surface area contributed by atoms with E-state index in [9.17, 15) is 4.79 Å². The molecule has 1 amide bonds. The predicted molar refractivity (Wildman–Crippen MR) is 115 cm³/mol. The average Bonchev–Trinajstić information content (AvgIpc) is 3.13. The van der Waals surface area contributed by atoms with Crippen molar-refractivity contribution in [3.05, 3.63) is 65.2 Å². The zero-order valence-corrected chi connectivity index (χ0v) is 17.2. The van der Waals surface area contributed by atoms with Crippen LogP contribution in [0.15, 0.2) is 48.5 Å². The van der Waals surface area contributed by atoms with Crippen molar-refractivity contribution in [2.45, 2.75) is 64.5 Å². The summed E-state index contributed by atoms with van der Waals surface area (Å²) in [7, 11) is 0. The Bertz CT molecular complexity index is 814. The van der Waals surface area contributed by atoms with Gasteiger partial charge in [0.15, 0.2) is 0 Å². The van der Waals surface area contributed by atoms with Gasteiger partial charge >= 0.3 is 0 Å². The van der Waals surface area contributed by atoms with Crippen LogP contribution in [0.3, 0.4) is 0 Å². The molecule has 0 aliphatic carbocycles. The van der Waals surface area contributed by atoms with Gasteiger partial charge in [-0.15, -0.1) is 0 Å². The van der Waals surface area contributed by atoms with E-state index in [0.29, 0.717) is 18.2 Å². The fourth-order valence-electron chi connectivity index (χ4n) is 4.99. The van der Waals surface area contributed by atoms with E-state index in [0.717, 1.165) is 19.4 Å². The van der Waals surface area contributed by atoms with E-state index in [4.69, 9.17) is 0 Å². The van der Waals surface area contributed by atoms with Crippen molar-refractivity contribution < 1.29 is 4.79 Å². The number of anilines is 1. The predicted octanol–water partition coefficient (Wildman–Crippen LogP) is 6.02. The van der Waals surface area contributed by atoms with Gasteiger partial charge in [-0.1, -0.05) is 74.2 Å². The van der Waals surface area contributed by atoms with Gasteiger partial charge in [0.25, 0.3) is 0 Å². The molecule has 1 N–H and O–H groups in total. The molecule has 1 fully saturated rings. The lowest BCUT2D eigenvalue weighted by Gasteiger charge is -2.45. The second-order valence-corrected chi connectivity index (χ2v) is 8.42. The van der Waals surface area contributed by atoms with Crippen LogP contribution in [0.4, 0.5) is 5.69 Å². The molecule has 0 spiro atoms. The molecule has 0 bridgehead atoms. The van der Waals surface area contributed by atoms with Crippen LogP contribution in [0.1, 0.15) is 74.2 Å². The molecule has 4 rings (SSSR count). The standard InChI is InChI=1S/C25H32N2O/c1-3-4-5-10-21-24(19-15-13-18(2)14-16-19)26-22-11-7-6-9-20(22)25(21)27-17-8-12-23(27)28/h6-7,9,11,13-16,21,24-26H,3-5,8,10,12,17H2,1-2H3/t21-,24-,25-/m1/s1. The summed E-state index contributed by atoms with van der Waals surface area (Å²) in [5.41, 5.74) is 5.10. The number of hydrogen-bond acceptors (Lipinski definition) is 2. The SMILES string of the molecule is CCCCC[C@@H]1[C@@H](c2ccc(C)cc2)Nc2ccccc2[C@H]1N1CCCC1=O. The molecule has 2 aromatic carbocycles. The van der Waals surface area contributed by atoms with E-state index in [-0.39, 0.29) is 12.1 Å². The Kier molecular flexibility index (Phi) is 5.70. The van der Waals surface area contributed by atoms with Gasteiger partial charge in [-0.3, -0.25) is 4.79 Å². The van der Waals surface area contributed by atoms with Crippen molar-refractivity contribution >= 4 is 11.6 Å². The van der Waals surface area contributed by atoms with Crippen LogP contribution in [0.25, 0.3) is 0 Å². The second kappa shape index (κ2) is 8.38. The molecular formula is C25H32N2O. The van der Waals surface area contributed by atoms with Crippen LogP contribution >= 0.6 is 0 Å². The van der Waals surface area contributed by atoms with Crippen molar-refractivity contribution in [1.82, 2.24) is 4.90 Å².